The smallest absolute Gasteiger partial charge is 0.416 e. The van der Waals surface area contributed by atoms with Crippen LogP contribution in [0.15, 0.2) is 18.2 Å². The maximum atomic E-state index is 12.9. The van der Waals surface area contributed by atoms with Gasteiger partial charge in [-0.05, 0) is 45.1 Å². The van der Waals surface area contributed by atoms with Crippen molar-refractivity contribution in [2.75, 3.05) is 27.3 Å². The third kappa shape index (κ3) is 4.89. The summed E-state index contributed by atoms with van der Waals surface area (Å²) in [5.74, 6) is 0.442. The molecule has 6 heteroatoms. The SMILES string of the molecule is CCCOc1ccc(C(F)(F)F)cc1C(CCO)N(C)C. The van der Waals surface area contributed by atoms with E-state index in [1.165, 1.54) is 6.07 Å². The molecule has 21 heavy (non-hydrogen) atoms. The summed E-state index contributed by atoms with van der Waals surface area (Å²) in [5, 5.41) is 9.15. The van der Waals surface area contributed by atoms with Crippen LogP contribution in [0.4, 0.5) is 13.2 Å². The lowest BCUT2D eigenvalue weighted by Gasteiger charge is -2.27. The Morgan fingerprint density at radius 3 is 2.43 bits per heavy atom. The average molecular weight is 305 g/mol. The molecule has 0 radical (unpaired) electrons. The van der Waals surface area contributed by atoms with Gasteiger partial charge in [-0.3, -0.25) is 0 Å². The summed E-state index contributed by atoms with van der Waals surface area (Å²) in [6.45, 7) is 2.27. The van der Waals surface area contributed by atoms with Crippen LogP contribution in [0, 0.1) is 0 Å². The fraction of sp³-hybridized carbons (Fsp3) is 0.600. The van der Waals surface area contributed by atoms with Gasteiger partial charge in [0, 0.05) is 18.2 Å². The Labute approximate surface area is 123 Å². The van der Waals surface area contributed by atoms with Crippen molar-refractivity contribution in [3.05, 3.63) is 29.3 Å². The summed E-state index contributed by atoms with van der Waals surface area (Å²) in [4.78, 5) is 1.78. The van der Waals surface area contributed by atoms with Gasteiger partial charge in [0.2, 0.25) is 0 Å². The number of hydrogen-bond acceptors (Lipinski definition) is 3. The van der Waals surface area contributed by atoms with Gasteiger partial charge in [0.15, 0.2) is 0 Å². The number of alkyl halides is 3. The molecule has 0 saturated carbocycles. The monoisotopic (exact) mass is 305 g/mol. The van der Waals surface area contributed by atoms with Crippen molar-refractivity contribution in [1.82, 2.24) is 4.90 Å². The molecule has 1 aromatic rings. The third-order valence-corrected chi connectivity index (χ3v) is 3.18. The Bertz CT molecular complexity index is 447. The largest absolute Gasteiger partial charge is 0.493 e. The number of nitrogens with zero attached hydrogens (tertiary/aromatic N) is 1. The van der Waals surface area contributed by atoms with Crippen LogP contribution in [-0.2, 0) is 6.18 Å². The highest BCUT2D eigenvalue weighted by Crippen LogP contribution is 2.37. The normalized spacial score (nSPS) is 13.5. The second kappa shape index (κ2) is 7.66. The highest BCUT2D eigenvalue weighted by Gasteiger charge is 2.32. The first-order chi connectivity index (χ1) is 9.81. The Hall–Kier alpha value is -1.27. The van der Waals surface area contributed by atoms with Crippen molar-refractivity contribution in [3.63, 3.8) is 0 Å². The molecule has 0 aromatic heterocycles. The number of halogens is 3. The third-order valence-electron chi connectivity index (χ3n) is 3.18. The number of rotatable bonds is 7. The van der Waals surface area contributed by atoms with E-state index in [9.17, 15) is 13.2 Å². The molecule has 1 N–H and O–H groups in total. The predicted molar refractivity (Wildman–Crippen MR) is 75.4 cm³/mol. The van der Waals surface area contributed by atoms with Gasteiger partial charge in [0.25, 0.3) is 0 Å². The molecule has 0 aliphatic rings. The van der Waals surface area contributed by atoms with Gasteiger partial charge in [-0.25, -0.2) is 0 Å². The van der Waals surface area contributed by atoms with Gasteiger partial charge in [-0.15, -0.1) is 0 Å². The maximum absolute atomic E-state index is 12.9. The van der Waals surface area contributed by atoms with E-state index in [4.69, 9.17) is 9.84 Å². The second-order valence-corrected chi connectivity index (χ2v) is 5.09. The number of ether oxygens (including phenoxy) is 1. The molecule has 1 unspecified atom stereocenters. The van der Waals surface area contributed by atoms with E-state index in [0.29, 0.717) is 24.3 Å². The summed E-state index contributed by atoms with van der Waals surface area (Å²) in [7, 11) is 3.54. The van der Waals surface area contributed by atoms with E-state index in [-0.39, 0.29) is 12.6 Å². The average Bonchev–Trinajstić information content (AvgIpc) is 2.41. The van der Waals surface area contributed by atoms with Crippen LogP contribution in [-0.4, -0.2) is 37.3 Å². The zero-order chi connectivity index (χ0) is 16.0. The zero-order valence-corrected chi connectivity index (χ0v) is 12.6. The molecule has 1 aromatic carbocycles. The van der Waals surface area contributed by atoms with Gasteiger partial charge >= 0.3 is 6.18 Å². The highest BCUT2D eigenvalue weighted by molar-refractivity contribution is 5.40. The predicted octanol–water partition coefficient (Wildman–Crippen LogP) is 3.48. The molecule has 0 spiro atoms. The van der Waals surface area contributed by atoms with Crippen LogP contribution in [0.3, 0.4) is 0 Å². The van der Waals surface area contributed by atoms with Crippen molar-refractivity contribution >= 4 is 0 Å². The van der Waals surface area contributed by atoms with Gasteiger partial charge in [0.1, 0.15) is 5.75 Å². The Kier molecular flexibility index (Phi) is 6.48. The van der Waals surface area contributed by atoms with Gasteiger partial charge in [-0.1, -0.05) is 6.92 Å². The fourth-order valence-corrected chi connectivity index (χ4v) is 2.14. The quantitative estimate of drug-likeness (QED) is 0.837. The Morgan fingerprint density at radius 1 is 1.29 bits per heavy atom. The molecule has 0 aliphatic carbocycles. The minimum absolute atomic E-state index is 0.105. The van der Waals surface area contributed by atoms with Crippen molar-refractivity contribution < 1.29 is 23.0 Å². The molecule has 0 heterocycles. The molecule has 0 saturated heterocycles. The summed E-state index contributed by atoms with van der Waals surface area (Å²) < 4.78 is 44.3. The van der Waals surface area contributed by atoms with Crippen LogP contribution in [0.5, 0.6) is 5.75 Å². The van der Waals surface area contributed by atoms with E-state index in [1.807, 2.05) is 6.92 Å². The van der Waals surface area contributed by atoms with Crippen LogP contribution in [0.1, 0.15) is 36.9 Å². The fourth-order valence-electron chi connectivity index (χ4n) is 2.14. The van der Waals surface area contributed by atoms with E-state index in [2.05, 4.69) is 0 Å². The lowest BCUT2D eigenvalue weighted by molar-refractivity contribution is -0.137. The van der Waals surface area contributed by atoms with E-state index < -0.39 is 11.7 Å². The number of aliphatic hydroxyl groups is 1. The highest BCUT2D eigenvalue weighted by atomic mass is 19.4. The first-order valence-corrected chi connectivity index (χ1v) is 6.92. The standard InChI is InChI=1S/C15H22F3NO2/c1-4-9-21-14-6-5-11(15(16,17)18)10-12(14)13(7-8-20)19(2)3/h5-6,10,13,20H,4,7-9H2,1-3H3. The van der Waals surface area contributed by atoms with Gasteiger partial charge in [0.05, 0.1) is 12.2 Å². The van der Waals surface area contributed by atoms with Crippen LogP contribution in [0.25, 0.3) is 0 Å². The maximum Gasteiger partial charge on any atom is 0.416 e. The molecular formula is C15H22F3NO2. The topological polar surface area (TPSA) is 32.7 Å². The lowest BCUT2D eigenvalue weighted by Crippen LogP contribution is -2.22. The molecule has 1 atom stereocenters. The van der Waals surface area contributed by atoms with Crippen LogP contribution >= 0.6 is 0 Å². The molecule has 1 rings (SSSR count). The second-order valence-electron chi connectivity index (χ2n) is 5.09. The molecular weight excluding hydrogens is 283 g/mol. The summed E-state index contributed by atoms with van der Waals surface area (Å²) >= 11 is 0. The van der Waals surface area contributed by atoms with Gasteiger partial charge < -0.3 is 14.7 Å². The van der Waals surface area contributed by atoms with Crippen molar-refractivity contribution in [2.24, 2.45) is 0 Å². The lowest BCUT2D eigenvalue weighted by atomic mass is 9.99. The summed E-state index contributed by atoms with van der Waals surface area (Å²) in [6, 6.07) is 3.18. The Balaban J connectivity index is 3.26. The van der Waals surface area contributed by atoms with Gasteiger partial charge in [-0.2, -0.15) is 13.2 Å². The van der Waals surface area contributed by atoms with Crippen molar-refractivity contribution in [1.29, 1.82) is 0 Å². The number of benzene rings is 1. The summed E-state index contributed by atoms with van der Waals surface area (Å²) in [5.41, 5.74) is -0.247. The van der Waals surface area contributed by atoms with Crippen molar-refractivity contribution in [2.45, 2.75) is 32.0 Å². The number of aliphatic hydroxyl groups excluding tert-OH is 1. The molecule has 0 aliphatic heterocycles. The molecule has 3 nitrogen and oxygen atoms in total. The molecule has 0 bridgehead atoms. The Morgan fingerprint density at radius 2 is 1.95 bits per heavy atom. The van der Waals surface area contributed by atoms with E-state index in [0.717, 1.165) is 18.6 Å². The van der Waals surface area contributed by atoms with Crippen molar-refractivity contribution in [3.8, 4) is 5.75 Å². The first-order valence-electron chi connectivity index (χ1n) is 6.92. The van der Waals surface area contributed by atoms with Crippen LogP contribution in [0.2, 0.25) is 0 Å². The zero-order valence-electron chi connectivity index (χ0n) is 12.6. The minimum Gasteiger partial charge on any atom is -0.493 e. The van der Waals surface area contributed by atoms with Crippen LogP contribution < -0.4 is 4.74 Å². The number of hydrogen-bond donors (Lipinski definition) is 1. The molecule has 0 fully saturated rings. The van der Waals surface area contributed by atoms with E-state index in [1.54, 1.807) is 19.0 Å². The summed E-state index contributed by atoms with van der Waals surface area (Å²) in [6.07, 6.45) is -3.28. The molecule has 120 valence electrons. The molecule has 0 amide bonds. The first kappa shape index (κ1) is 17.8. The minimum atomic E-state index is -4.39. The van der Waals surface area contributed by atoms with E-state index >= 15 is 0 Å².